The molecule has 1 fully saturated rings. The number of carbonyl (C=O) groups excluding carboxylic acids is 3. The monoisotopic (exact) mass is 707 g/mol. The van der Waals surface area contributed by atoms with Gasteiger partial charge in [0.2, 0.25) is 5.91 Å². The number of benzene rings is 3. The van der Waals surface area contributed by atoms with E-state index in [1.54, 1.807) is 61.1 Å². The van der Waals surface area contributed by atoms with Gasteiger partial charge in [-0.15, -0.1) is 0 Å². The fourth-order valence-electron chi connectivity index (χ4n) is 5.93. The van der Waals surface area contributed by atoms with E-state index in [9.17, 15) is 18.6 Å². The first-order valence-corrected chi connectivity index (χ1v) is 18.3. The Kier molecular flexibility index (Phi) is 12.9. The second-order valence-electron chi connectivity index (χ2n) is 12.0. The normalized spacial score (nSPS) is 13.7. The van der Waals surface area contributed by atoms with Gasteiger partial charge < -0.3 is 19.5 Å². The quantitative estimate of drug-likeness (QED) is 0.123. The molecule has 49 heavy (non-hydrogen) atoms. The van der Waals surface area contributed by atoms with Crippen LogP contribution in [0.3, 0.4) is 0 Å². The number of esters is 1. The number of rotatable bonds is 16. The average molecular weight is 708 g/mol. The van der Waals surface area contributed by atoms with Crippen LogP contribution in [0.15, 0.2) is 66.7 Å². The number of aromatic nitrogens is 1. The van der Waals surface area contributed by atoms with Crippen LogP contribution in [0, 0.1) is 6.92 Å². The summed E-state index contributed by atoms with van der Waals surface area (Å²) in [5.74, 6) is 0.105. The van der Waals surface area contributed by atoms with Crippen LogP contribution in [-0.4, -0.2) is 82.9 Å². The Balaban J connectivity index is 1.05. The first-order valence-electron chi connectivity index (χ1n) is 16.4. The lowest BCUT2D eigenvalue weighted by molar-refractivity contribution is -0.142. The summed E-state index contributed by atoms with van der Waals surface area (Å²) in [5, 5.41) is 3.98. The molecule has 1 aliphatic heterocycles. The molecule has 0 radical (unpaired) electrons. The summed E-state index contributed by atoms with van der Waals surface area (Å²) in [6.07, 6.45) is 3.02. The number of halogens is 1. The predicted molar refractivity (Wildman–Crippen MR) is 191 cm³/mol. The molecule has 2 heterocycles. The van der Waals surface area contributed by atoms with Gasteiger partial charge >= 0.3 is 5.97 Å². The summed E-state index contributed by atoms with van der Waals surface area (Å²) >= 11 is 6.01. The van der Waals surface area contributed by atoms with E-state index >= 15 is 0 Å². The van der Waals surface area contributed by atoms with E-state index in [-0.39, 0.29) is 36.3 Å². The van der Waals surface area contributed by atoms with E-state index in [1.165, 1.54) is 18.4 Å². The standard InChI is InChI=1S/C37H42ClN3O7S/c1-26-32(33-22-30(46-2)13-14-34(33)41(26)37(44)28-9-11-29(38)12-10-28)23-36(43)48-19-20-49(45)25-35(42)39-15-6-18-47-31-8-5-7-27(21-31)24-40-16-3-4-17-40/h5,7-14,21-22H,3-4,6,15-20,23-25H2,1-2H3,(H,39,42). The molecular formula is C37H42ClN3O7S. The Bertz CT molecular complexity index is 1800. The molecule has 10 nitrogen and oxygen atoms in total. The van der Waals surface area contributed by atoms with E-state index in [4.69, 9.17) is 25.8 Å². The first-order chi connectivity index (χ1) is 23.7. The number of nitrogens with zero attached hydrogens (tertiary/aromatic N) is 2. The SMILES string of the molecule is COc1ccc2c(c1)c(CC(=O)OCCS(=O)CC(=O)NCCCOc1cccc(CN3CCCC3)c1)c(C)n2C(=O)c1ccc(Cl)cc1. The van der Waals surface area contributed by atoms with Crippen molar-refractivity contribution in [1.29, 1.82) is 0 Å². The summed E-state index contributed by atoms with van der Waals surface area (Å²) in [6, 6.07) is 20.0. The van der Waals surface area contributed by atoms with Gasteiger partial charge in [-0.05, 0) is 105 Å². The third-order valence-electron chi connectivity index (χ3n) is 8.44. The Morgan fingerprint density at radius 3 is 2.49 bits per heavy atom. The maximum absolute atomic E-state index is 13.5. The third-order valence-corrected chi connectivity index (χ3v) is 9.90. The Morgan fingerprint density at radius 2 is 1.73 bits per heavy atom. The summed E-state index contributed by atoms with van der Waals surface area (Å²) in [7, 11) is 0.0348. The fraction of sp³-hybridized carbons (Fsp3) is 0.378. The highest BCUT2D eigenvalue weighted by Crippen LogP contribution is 2.31. The van der Waals surface area contributed by atoms with Crippen molar-refractivity contribution in [2.75, 3.05) is 51.5 Å². The van der Waals surface area contributed by atoms with Crippen LogP contribution >= 0.6 is 11.6 Å². The van der Waals surface area contributed by atoms with Crippen molar-refractivity contribution in [3.05, 3.63) is 94.1 Å². The van der Waals surface area contributed by atoms with Gasteiger partial charge in [-0.1, -0.05) is 23.7 Å². The molecule has 0 spiro atoms. The number of carbonyl (C=O) groups is 3. The molecule has 1 aromatic heterocycles. The number of ether oxygens (including phenoxy) is 3. The molecule has 1 unspecified atom stereocenters. The maximum atomic E-state index is 13.5. The molecule has 3 aromatic carbocycles. The fourth-order valence-corrected chi connectivity index (χ4v) is 6.87. The van der Waals surface area contributed by atoms with Crippen LogP contribution < -0.4 is 14.8 Å². The molecule has 1 amide bonds. The lowest BCUT2D eigenvalue weighted by atomic mass is 10.1. The summed E-state index contributed by atoms with van der Waals surface area (Å²) in [4.78, 5) is 41.2. The summed E-state index contributed by atoms with van der Waals surface area (Å²) in [5.41, 5.74) is 3.52. The number of hydrogen-bond donors (Lipinski definition) is 1. The molecule has 0 aliphatic carbocycles. The lowest BCUT2D eigenvalue weighted by Crippen LogP contribution is -2.31. The number of methoxy groups -OCH3 is 1. The Morgan fingerprint density at radius 1 is 0.959 bits per heavy atom. The second-order valence-corrected chi connectivity index (χ2v) is 14.0. The molecule has 5 rings (SSSR count). The van der Waals surface area contributed by atoms with Crippen LogP contribution in [0.25, 0.3) is 10.9 Å². The minimum absolute atomic E-state index is 0.0274. The van der Waals surface area contributed by atoms with Gasteiger partial charge in [0.25, 0.3) is 5.91 Å². The van der Waals surface area contributed by atoms with Gasteiger partial charge in [-0.2, -0.15) is 0 Å². The molecule has 1 aliphatic rings. The van der Waals surface area contributed by atoms with E-state index in [1.807, 2.05) is 12.1 Å². The lowest BCUT2D eigenvalue weighted by Gasteiger charge is -2.15. The predicted octanol–water partition coefficient (Wildman–Crippen LogP) is 5.32. The van der Waals surface area contributed by atoms with Crippen molar-refractivity contribution in [1.82, 2.24) is 14.8 Å². The van der Waals surface area contributed by atoms with E-state index in [0.717, 1.165) is 25.4 Å². The number of likely N-dealkylation sites (tertiary alicyclic amines) is 1. The zero-order chi connectivity index (χ0) is 34.8. The first kappa shape index (κ1) is 36.1. The van der Waals surface area contributed by atoms with Crippen molar-refractivity contribution >= 4 is 51.1 Å². The molecular weight excluding hydrogens is 666 g/mol. The van der Waals surface area contributed by atoms with Gasteiger partial charge in [0.1, 0.15) is 23.9 Å². The Hall–Kier alpha value is -4.19. The van der Waals surface area contributed by atoms with Crippen LogP contribution in [-0.2, 0) is 38.1 Å². The van der Waals surface area contributed by atoms with E-state index < -0.39 is 16.8 Å². The molecule has 1 saturated heterocycles. The third kappa shape index (κ3) is 9.93. The van der Waals surface area contributed by atoms with Gasteiger partial charge in [-0.25, -0.2) is 0 Å². The van der Waals surface area contributed by atoms with Gasteiger partial charge in [0.15, 0.2) is 0 Å². The Labute approximate surface area is 294 Å². The van der Waals surface area contributed by atoms with E-state index in [0.29, 0.717) is 58.1 Å². The maximum Gasteiger partial charge on any atom is 0.310 e. The van der Waals surface area contributed by atoms with Crippen LogP contribution in [0.4, 0.5) is 0 Å². The highest BCUT2D eigenvalue weighted by Gasteiger charge is 2.23. The van der Waals surface area contributed by atoms with Crippen molar-refractivity contribution < 1.29 is 32.8 Å². The van der Waals surface area contributed by atoms with Gasteiger partial charge in [0.05, 0.1) is 31.4 Å². The molecule has 0 bridgehead atoms. The average Bonchev–Trinajstić information content (AvgIpc) is 3.69. The molecule has 1 N–H and O–H groups in total. The van der Waals surface area contributed by atoms with Crippen molar-refractivity contribution in [2.45, 2.75) is 39.2 Å². The summed E-state index contributed by atoms with van der Waals surface area (Å²) in [6.45, 7) is 5.73. The van der Waals surface area contributed by atoms with Crippen molar-refractivity contribution in [3.8, 4) is 11.5 Å². The number of fused-ring (bicyclic) bond motifs is 1. The number of nitrogens with one attached hydrogen (secondary N) is 1. The molecule has 1 atom stereocenters. The zero-order valence-corrected chi connectivity index (χ0v) is 29.4. The smallest absolute Gasteiger partial charge is 0.310 e. The zero-order valence-electron chi connectivity index (χ0n) is 27.9. The second kappa shape index (κ2) is 17.5. The topological polar surface area (TPSA) is 116 Å². The molecule has 12 heteroatoms. The van der Waals surface area contributed by atoms with Crippen LogP contribution in [0.5, 0.6) is 11.5 Å². The van der Waals surface area contributed by atoms with Gasteiger partial charge in [0, 0.05) is 45.6 Å². The number of hydrogen-bond acceptors (Lipinski definition) is 8. The molecule has 0 saturated carbocycles. The minimum Gasteiger partial charge on any atom is -0.497 e. The summed E-state index contributed by atoms with van der Waals surface area (Å²) < 4.78 is 30.7. The van der Waals surface area contributed by atoms with Crippen LogP contribution in [0.1, 0.15) is 46.4 Å². The highest BCUT2D eigenvalue weighted by molar-refractivity contribution is 7.85. The van der Waals surface area contributed by atoms with E-state index in [2.05, 4.69) is 22.3 Å². The minimum atomic E-state index is -1.51. The number of amides is 1. The van der Waals surface area contributed by atoms with Crippen LogP contribution in [0.2, 0.25) is 5.02 Å². The van der Waals surface area contributed by atoms with Crippen molar-refractivity contribution in [2.24, 2.45) is 0 Å². The highest BCUT2D eigenvalue weighted by atomic mass is 35.5. The van der Waals surface area contributed by atoms with Gasteiger partial charge in [-0.3, -0.25) is 28.1 Å². The molecule has 4 aromatic rings. The largest absolute Gasteiger partial charge is 0.497 e. The van der Waals surface area contributed by atoms with Crippen molar-refractivity contribution in [3.63, 3.8) is 0 Å². The molecule has 260 valence electrons.